The number of carbonyl (C=O) groups excluding carboxylic acids is 2. The number of halogens is 3. The number of anilines is 1. The summed E-state index contributed by atoms with van der Waals surface area (Å²) in [6, 6.07) is 6.52. The third-order valence-electron chi connectivity index (χ3n) is 4.97. The Morgan fingerprint density at radius 3 is 2.29 bits per heavy atom. The smallest absolute Gasteiger partial charge is 0.305 e. The van der Waals surface area contributed by atoms with Gasteiger partial charge in [-0.1, -0.05) is 0 Å². The van der Waals surface area contributed by atoms with Crippen molar-refractivity contribution in [3.05, 3.63) is 53.9 Å². The van der Waals surface area contributed by atoms with Crippen molar-refractivity contribution in [2.75, 3.05) is 19.0 Å². The molecule has 0 radical (unpaired) electrons. The molecule has 0 atom stereocenters. The number of aromatic nitrogens is 1. The predicted octanol–water partition coefficient (Wildman–Crippen LogP) is 4.50. The van der Waals surface area contributed by atoms with Crippen LogP contribution >= 0.6 is 11.8 Å². The number of hydrogen-bond acceptors (Lipinski definition) is 5. The highest BCUT2D eigenvalue weighted by molar-refractivity contribution is 8.00. The van der Waals surface area contributed by atoms with Crippen LogP contribution in [0.25, 0.3) is 0 Å². The number of alkyl halides is 3. The summed E-state index contributed by atoms with van der Waals surface area (Å²) in [6.07, 6.45) is 3.37. The lowest BCUT2D eigenvalue weighted by Gasteiger charge is -2.28. The molecule has 0 unspecified atom stereocenters. The van der Waals surface area contributed by atoms with Gasteiger partial charge in [-0.25, -0.2) is 9.69 Å². The first-order valence-corrected chi connectivity index (χ1v) is 10.3. The van der Waals surface area contributed by atoms with E-state index in [1.165, 1.54) is 29.2 Å². The number of pyridine rings is 1. The minimum absolute atomic E-state index is 0.0171. The molecule has 3 amide bonds. The molecule has 0 bridgehead atoms. The Balaban J connectivity index is 1.87. The fourth-order valence-electron chi connectivity index (χ4n) is 3.39. The molecule has 31 heavy (non-hydrogen) atoms. The zero-order chi connectivity index (χ0) is 23.0. The lowest BCUT2D eigenvalue weighted by atomic mass is 10.0. The predicted molar refractivity (Wildman–Crippen MR) is 112 cm³/mol. The molecular formula is C21H23F3N4O2S. The van der Waals surface area contributed by atoms with E-state index >= 15 is 0 Å². The molecule has 166 valence electrons. The van der Waals surface area contributed by atoms with E-state index in [9.17, 15) is 22.8 Å². The number of amides is 3. The lowest BCUT2D eigenvalue weighted by Crippen LogP contribution is -2.43. The summed E-state index contributed by atoms with van der Waals surface area (Å²) in [6.45, 7) is 4.16. The van der Waals surface area contributed by atoms with Gasteiger partial charge in [-0.05, 0) is 81.2 Å². The van der Waals surface area contributed by atoms with Crippen LogP contribution in [0.1, 0.15) is 25.0 Å². The number of urea groups is 1. The van der Waals surface area contributed by atoms with Crippen LogP contribution < -0.4 is 4.90 Å². The topological polar surface area (TPSA) is 56.8 Å². The molecule has 3 rings (SSSR count). The van der Waals surface area contributed by atoms with Gasteiger partial charge in [0.05, 0.1) is 5.69 Å². The molecule has 1 aliphatic rings. The average molecular weight is 453 g/mol. The third kappa shape index (κ3) is 5.01. The summed E-state index contributed by atoms with van der Waals surface area (Å²) < 4.78 is 37.7. The molecule has 1 aromatic carbocycles. The Labute approximate surface area is 183 Å². The van der Waals surface area contributed by atoms with E-state index in [0.717, 1.165) is 16.0 Å². The van der Waals surface area contributed by atoms with Gasteiger partial charge in [-0.15, -0.1) is 0 Å². The quantitative estimate of drug-likeness (QED) is 0.477. The molecule has 0 spiro atoms. The van der Waals surface area contributed by atoms with Gasteiger partial charge >= 0.3 is 11.5 Å². The van der Waals surface area contributed by atoms with Gasteiger partial charge in [0.1, 0.15) is 5.54 Å². The second-order valence-electron chi connectivity index (χ2n) is 7.99. The van der Waals surface area contributed by atoms with Gasteiger partial charge in [-0.2, -0.15) is 13.2 Å². The fourth-order valence-corrected chi connectivity index (χ4v) is 3.93. The van der Waals surface area contributed by atoms with Gasteiger partial charge in [0.15, 0.2) is 0 Å². The highest BCUT2D eigenvalue weighted by Crippen LogP contribution is 2.39. The molecule has 0 saturated carbocycles. The number of thioether (sulfide) groups is 1. The molecule has 1 aliphatic heterocycles. The second kappa shape index (κ2) is 8.51. The van der Waals surface area contributed by atoms with Crippen molar-refractivity contribution in [3.8, 4) is 0 Å². The molecule has 2 heterocycles. The Hall–Kier alpha value is -2.59. The van der Waals surface area contributed by atoms with E-state index in [0.29, 0.717) is 6.54 Å². The first-order valence-electron chi connectivity index (χ1n) is 9.48. The number of benzene rings is 1. The van der Waals surface area contributed by atoms with E-state index in [1.54, 1.807) is 26.2 Å². The SMILES string of the molecule is CN(C)Cc1cnccc1CN1C(=O)N(c2ccc(SC(F)(F)F)cc2)C(=O)C1(C)C. The Morgan fingerprint density at radius 1 is 1.06 bits per heavy atom. The van der Waals surface area contributed by atoms with Crippen LogP contribution in [-0.2, 0) is 17.9 Å². The molecule has 0 N–H and O–H groups in total. The average Bonchev–Trinajstić information content (AvgIpc) is 2.82. The van der Waals surface area contributed by atoms with Crippen LogP contribution in [0.3, 0.4) is 0 Å². The van der Waals surface area contributed by atoms with Gasteiger partial charge in [0.25, 0.3) is 5.91 Å². The van der Waals surface area contributed by atoms with Crippen molar-refractivity contribution in [1.82, 2.24) is 14.8 Å². The molecule has 0 aliphatic carbocycles. The second-order valence-corrected chi connectivity index (χ2v) is 9.13. The monoisotopic (exact) mass is 452 g/mol. The van der Waals surface area contributed by atoms with Crippen LogP contribution in [0.2, 0.25) is 0 Å². The highest BCUT2D eigenvalue weighted by atomic mass is 32.2. The Morgan fingerprint density at radius 2 is 1.71 bits per heavy atom. The maximum Gasteiger partial charge on any atom is 0.446 e. The molecule has 1 aromatic heterocycles. The fraction of sp³-hybridized carbons (Fsp3) is 0.381. The van der Waals surface area contributed by atoms with Gasteiger partial charge in [-0.3, -0.25) is 9.78 Å². The Bertz CT molecular complexity index is 977. The maximum atomic E-state index is 13.2. The van der Waals surface area contributed by atoms with Gasteiger partial charge in [0.2, 0.25) is 0 Å². The summed E-state index contributed by atoms with van der Waals surface area (Å²) in [5.74, 6) is -0.433. The van der Waals surface area contributed by atoms with Crippen LogP contribution in [0, 0.1) is 0 Å². The van der Waals surface area contributed by atoms with Crippen LogP contribution in [0.15, 0.2) is 47.6 Å². The van der Waals surface area contributed by atoms with E-state index < -0.39 is 23.0 Å². The Kier molecular flexibility index (Phi) is 6.33. The number of rotatable bonds is 6. The molecule has 6 nitrogen and oxygen atoms in total. The van der Waals surface area contributed by atoms with E-state index in [1.807, 2.05) is 25.1 Å². The third-order valence-corrected chi connectivity index (χ3v) is 5.71. The van der Waals surface area contributed by atoms with Crippen molar-refractivity contribution in [3.63, 3.8) is 0 Å². The van der Waals surface area contributed by atoms with Crippen LogP contribution in [-0.4, -0.2) is 51.9 Å². The zero-order valence-electron chi connectivity index (χ0n) is 17.6. The van der Waals surface area contributed by atoms with Crippen LogP contribution in [0.5, 0.6) is 0 Å². The van der Waals surface area contributed by atoms with E-state index in [2.05, 4.69) is 4.98 Å². The maximum absolute atomic E-state index is 13.2. The first kappa shape index (κ1) is 23.1. The number of imide groups is 1. The first-order chi connectivity index (χ1) is 14.4. The minimum atomic E-state index is -4.41. The summed E-state index contributed by atoms with van der Waals surface area (Å²) in [5, 5.41) is 0. The summed E-state index contributed by atoms with van der Waals surface area (Å²) in [5.41, 5.74) is -3.48. The van der Waals surface area contributed by atoms with Crippen molar-refractivity contribution in [1.29, 1.82) is 0 Å². The summed E-state index contributed by atoms with van der Waals surface area (Å²) >= 11 is -0.247. The summed E-state index contributed by atoms with van der Waals surface area (Å²) in [7, 11) is 3.85. The standard InChI is InChI=1S/C21H23F3N4O2S/c1-20(2)18(29)28(16-5-7-17(8-6-16)31-21(22,23)24)19(30)27(20)13-14-9-10-25-11-15(14)12-26(3)4/h5-11H,12-13H2,1-4H3. The zero-order valence-corrected chi connectivity index (χ0v) is 18.4. The lowest BCUT2D eigenvalue weighted by molar-refractivity contribution is -0.123. The van der Waals surface area contributed by atoms with Crippen molar-refractivity contribution in [2.45, 2.75) is 42.9 Å². The molecular weight excluding hydrogens is 429 g/mol. The van der Waals surface area contributed by atoms with Gasteiger partial charge < -0.3 is 9.80 Å². The largest absolute Gasteiger partial charge is 0.446 e. The van der Waals surface area contributed by atoms with Crippen molar-refractivity contribution in [2.24, 2.45) is 0 Å². The van der Waals surface area contributed by atoms with Crippen LogP contribution in [0.4, 0.5) is 23.7 Å². The molecule has 1 saturated heterocycles. The molecule has 1 fully saturated rings. The summed E-state index contributed by atoms with van der Waals surface area (Å²) in [4.78, 5) is 34.9. The number of hydrogen-bond donors (Lipinski definition) is 0. The van der Waals surface area contributed by atoms with Crippen molar-refractivity contribution < 1.29 is 22.8 Å². The normalized spacial score (nSPS) is 16.5. The number of carbonyl (C=O) groups is 2. The van der Waals surface area contributed by atoms with E-state index in [-0.39, 0.29) is 28.9 Å². The highest BCUT2D eigenvalue weighted by Gasteiger charge is 2.51. The van der Waals surface area contributed by atoms with E-state index in [4.69, 9.17) is 0 Å². The number of nitrogens with zero attached hydrogens (tertiary/aromatic N) is 4. The minimum Gasteiger partial charge on any atom is -0.305 e. The van der Waals surface area contributed by atoms with Crippen molar-refractivity contribution >= 4 is 29.4 Å². The molecule has 10 heteroatoms. The molecule has 2 aromatic rings. The van der Waals surface area contributed by atoms with Gasteiger partial charge in [0, 0.05) is 30.4 Å².